The van der Waals surface area contributed by atoms with Crippen molar-refractivity contribution in [1.82, 2.24) is 0 Å². The Kier molecular flexibility index (Phi) is 6.19. The molecule has 0 bridgehead atoms. The molecule has 0 aliphatic carbocycles. The molecule has 1 aromatic carbocycles. The van der Waals surface area contributed by atoms with Gasteiger partial charge in [-0.25, -0.2) is 0 Å². The summed E-state index contributed by atoms with van der Waals surface area (Å²) in [5.41, 5.74) is 0. The minimum Gasteiger partial charge on any atom is -0.490 e. The van der Waals surface area contributed by atoms with E-state index >= 15 is 0 Å². The molecule has 18 heavy (non-hydrogen) atoms. The quantitative estimate of drug-likeness (QED) is 0.749. The summed E-state index contributed by atoms with van der Waals surface area (Å²) < 4.78 is 11.7. The first-order valence-corrected chi connectivity index (χ1v) is 6.90. The van der Waals surface area contributed by atoms with Gasteiger partial charge in [-0.1, -0.05) is 22.9 Å². The van der Waals surface area contributed by atoms with Crippen molar-refractivity contribution in [1.29, 1.82) is 0 Å². The van der Waals surface area contributed by atoms with Gasteiger partial charge in [-0.2, -0.15) is 0 Å². The Morgan fingerprint density at radius 1 is 1.28 bits per heavy atom. The van der Waals surface area contributed by atoms with Crippen LogP contribution in [-0.4, -0.2) is 18.7 Å². The molecule has 100 valence electrons. The first kappa shape index (κ1) is 15.0. The summed E-state index contributed by atoms with van der Waals surface area (Å²) in [6.07, 6.45) is 0.349. The highest BCUT2D eigenvalue weighted by atomic mass is 79.9. The zero-order chi connectivity index (χ0) is 13.5. The van der Waals surface area contributed by atoms with E-state index in [1.54, 1.807) is 0 Å². The van der Waals surface area contributed by atoms with E-state index in [0.717, 1.165) is 10.2 Å². The third kappa shape index (κ3) is 5.08. The van der Waals surface area contributed by atoms with Crippen LogP contribution in [0.25, 0.3) is 0 Å². The van der Waals surface area contributed by atoms with E-state index in [0.29, 0.717) is 13.0 Å². The second kappa shape index (κ2) is 7.41. The van der Waals surface area contributed by atoms with E-state index in [1.165, 1.54) is 0 Å². The fraction of sp³-hybridized carbons (Fsp3) is 0.500. The molecule has 1 rings (SSSR count). The number of esters is 1. The molecule has 0 aliphatic heterocycles. The van der Waals surface area contributed by atoms with E-state index in [1.807, 2.05) is 45.0 Å². The van der Waals surface area contributed by atoms with Gasteiger partial charge in [-0.05, 0) is 38.1 Å². The van der Waals surface area contributed by atoms with E-state index in [2.05, 4.69) is 15.9 Å². The molecule has 0 aromatic heterocycles. The summed E-state index contributed by atoms with van der Waals surface area (Å²) >= 11 is 3.37. The van der Waals surface area contributed by atoms with Crippen LogP contribution < -0.4 is 4.74 Å². The van der Waals surface area contributed by atoms with Crippen molar-refractivity contribution in [3.63, 3.8) is 0 Å². The Morgan fingerprint density at radius 2 is 1.89 bits per heavy atom. The van der Waals surface area contributed by atoms with Crippen molar-refractivity contribution in [3.8, 4) is 5.75 Å². The monoisotopic (exact) mass is 314 g/mol. The average molecular weight is 315 g/mol. The van der Waals surface area contributed by atoms with E-state index in [4.69, 9.17) is 9.47 Å². The van der Waals surface area contributed by atoms with Crippen LogP contribution in [0.4, 0.5) is 0 Å². The Labute approximate surface area is 117 Å². The molecular weight excluding hydrogens is 296 g/mol. The largest absolute Gasteiger partial charge is 0.490 e. The average Bonchev–Trinajstić information content (AvgIpc) is 2.32. The minimum atomic E-state index is -0.170. The second-order valence-corrected chi connectivity index (χ2v) is 5.18. The van der Waals surface area contributed by atoms with Crippen molar-refractivity contribution in [2.24, 2.45) is 5.92 Å². The molecule has 0 fully saturated rings. The fourth-order valence-corrected chi connectivity index (χ4v) is 1.76. The molecule has 0 spiro atoms. The normalized spacial score (nSPS) is 13.8. The van der Waals surface area contributed by atoms with Crippen LogP contribution in [0.5, 0.6) is 5.75 Å². The van der Waals surface area contributed by atoms with Crippen LogP contribution in [0.2, 0.25) is 0 Å². The van der Waals surface area contributed by atoms with Gasteiger partial charge in [0.1, 0.15) is 5.75 Å². The number of hydrogen-bond donors (Lipinski definition) is 0. The summed E-state index contributed by atoms with van der Waals surface area (Å²) in [7, 11) is 0. The van der Waals surface area contributed by atoms with Crippen molar-refractivity contribution in [2.45, 2.75) is 33.3 Å². The molecule has 4 heteroatoms. The zero-order valence-electron chi connectivity index (χ0n) is 11.0. The molecule has 0 heterocycles. The van der Waals surface area contributed by atoms with Crippen LogP contribution in [0.3, 0.4) is 0 Å². The number of carbonyl (C=O) groups is 1. The Hall–Kier alpha value is -1.03. The van der Waals surface area contributed by atoms with E-state index < -0.39 is 0 Å². The lowest BCUT2D eigenvalue weighted by Crippen LogP contribution is -2.24. The summed E-state index contributed by atoms with van der Waals surface area (Å²) in [6.45, 7) is 6.18. The van der Waals surface area contributed by atoms with Gasteiger partial charge in [0.15, 0.2) is 0 Å². The molecule has 0 saturated carbocycles. The molecule has 2 unspecified atom stereocenters. The lowest BCUT2D eigenvalue weighted by molar-refractivity contribution is -0.144. The summed E-state index contributed by atoms with van der Waals surface area (Å²) in [5.74, 6) is 0.755. The molecule has 1 aromatic rings. The Morgan fingerprint density at radius 3 is 2.44 bits per heavy atom. The van der Waals surface area contributed by atoms with Crippen LogP contribution >= 0.6 is 15.9 Å². The van der Waals surface area contributed by atoms with Gasteiger partial charge in [-0.3, -0.25) is 4.79 Å². The lowest BCUT2D eigenvalue weighted by atomic mass is 10.0. The van der Waals surface area contributed by atoms with Gasteiger partial charge >= 0.3 is 5.97 Å². The van der Waals surface area contributed by atoms with Gasteiger partial charge in [0.2, 0.25) is 0 Å². The number of ether oxygens (including phenoxy) is 2. The topological polar surface area (TPSA) is 35.5 Å². The van der Waals surface area contributed by atoms with E-state index in [9.17, 15) is 4.79 Å². The fourth-order valence-electron chi connectivity index (χ4n) is 1.49. The lowest BCUT2D eigenvalue weighted by Gasteiger charge is -2.20. The maximum atomic E-state index is 11.4. The molecule has 0 amide bonds. The first-order chi connectivity index (χ1) is 8.52. The Bertz CT molecular complexity index is 375. The van der Waals surface area contributed by atoms with E-state index in [-0.39, 0.29) is 18.0 Å². The number of hydrogen-bond acceptors (Lipinski definition) is 3. The van der Waals surface area contributed by atoms with Crippen molar-refractivity contribution in [3.05, 3.63) is 28.7 Å². The van der Waals surface area contributed by atoms with Crippen LogP contribution in [0, 0.1) is 5.92 Å². The highest BCUT2D eigenvalue weighted by Crippen LogP contribution is 2.20. The standard InChI is InChI=1S/C14H19BrO3/c1-4-17-14(16)9-10(2)11(3)18-13-7-5-12(15)6-8-13/h5-8,10-11H,4,9H2,1-3H3. The van der Waals surface area contributed by atoms with Gasteiger partial charge in [0.25, 0.3) is 0 Å². The predicted molar refractivity (Wildman–Crippen MR) is 74.6 cm³/mol. The van der Waals surface area contributed by atoms with Gasteiger partial charge in [-0.15, -0.1) is 0 Å². The summed E-state index contributed by atoms with van der Waals surface area (Å²) in [6, 6.07) is 7.66. The highest BCUT2D eigenvalue weighted by Gasteiger charge is 2.18. The number of rotatable bonds is 6. The Balaban J connectivity index is 2.46. The van der Waals surface area contributed by atoms with Crippen molar-refractivity contribution >= 4 is 21.9 Å². The molecule has 0 aliphatic rings. The third-order valence-electron chi connectivity index (χ3n) is 2.73. The van der Waals surface area contributed by atoms with Crippen LogP contribution in [0.15, 0.2) is 28.7 Å². The summed E-state index contributed by atoms with van der Waals surface area (Å²) in [5, 5.41) is 0. The van der Waals surface area contributed by atoms with Crippen molar-refractivity contribution in [2.75, 3.05) is 6.61 Å². The predicted octanol–water partition coefficient (Wildman–Crippen LogP) is 3.81. The van der Waals surface area contributed by atoms with Crippen LogP contribution in [0.1, 0.15) is 27.2 Å². The number of carbonyl (C=O) groups excluding carboxylic acids is 1. The molecule has 0 N–H and O–H groups in total. The molecular formula is C14H19BrO3. The minimum absolute atomic E-state index is 0.0319. The highest BCUT2D eigenvalue weighted by molar-refractivity contribution is 9.10. The first-order valence-electron chi connectivity index (χ1n) is 6.10. The van der Waals surface area contributed by atoms with Gasteiger partial charge in [0, 0.05) is 10.4 Å². The maximum Gasteiger partial charge on any atom is 0.306 e. The van der Waals surface area contributed by atoms with Crippen LogP contribution in [-0.2, 0) is 9.53 Å². The molecule has 0 saturated heterocycles. The van der Waals surface area contributed by atoms with Gasteiger partial charge in [0.05, 0.1) is 19.1 Å². The molecule has 2 atom stereocenters. The third-order valence-corrected chi connectivity index (χ3v) is 3.26. The van der Waals surface area contributed by atoms with Crippen molar-refractivity contribution < 1.29 is 14.3 Å². The smallest absolute Gasteiger partial charge is 0.306 e. The number of benzene rings is 1. The van der Waals surface area contributed by atoms with Gasteiger partial charge < -0.3 is 9.47 Å². The SMILES string of the molecule is CCOC(=O)CC(C)C(C)Oc1ccc(Br)cc1. The zero-order valence-corrected chi connectivity index (χ0v) is 12.6. The molecule has 3 nitrogen and oxygen atoms in total. The number of halogens is 1. The summed E-state index contributed by atoms with van der Waals surface area (Å²) in [4.78, 5) is 11.4. The second-order valence-electron chi connectivity index (χ2n) is 4.26. The molecule has 0 radical (unpaired) electrons. The maximum absolute atomic E-state index is 11.4.